The number of nitrogens with one attached hydrogen (secondary N) is 1. The molecule has 5 heteroatoms. The van der Waals surface area contributed by atoms with Crippen LogP contribution in [-0.4, -0.2) is 11.7 Å². The molecule has 0 saturated heterocycles. The third-order valence-corrected chi connectivity index (χ3v) is 2.89. The van der Waals surface area contributed by atoms with Crippen LogP contribution in [0.5, 0.6) is 0 Å². The highest BCUT2D eigenvalue weighted by Crippen LogP contribution is 2.17. The fourth-order valence-corrected chi connectivity index (χ4v) is 1.90. The quantitative estimate of drug-likeness (QED) is 0.840. The first kappa shape index (κ1) is 13.8. The van der Waals surface area contributed by atoms with Crippen LogP contribution in [0.3, 0.4) is 0 Å². The number of benzene rings is 1. The summed E-state index contributed by atoms with van der Waals surface area (Å²) >= 11 is 1.26. The van der Waals surface area contributed by atoms with Crippen LogP contribution in [0.4, 0.5) is 0 Å². The first-order valence-corrected chi connectivity index (χ1v) is 6.25. The summed E-state index contributed by atoms with van der Waals surface area (Å²) in [6.07, 6.45) is 0. The monoisotopic (exact) mass is 257 g/mol. The van der Waals surface area contributed by atoms with Gasteiger partial charge in [0.1, 0.15) is 17.2 Å². The van der Waals surface area contributed by atoms with Gasteiger partial charge in [0.2, 0.25) is 0 Å². The van der Waals surface area contributed by atoms with Gasteiger partial charge in [-0.3, -0.25) is 4.79 Å². The van der Waals surface area contributed by atoms with E-state index in [4.69, 9.17) is 10.5 Å². The van der Waals surface area contributed by atoms with Gasteiger partial charge >= 0.3 is 0 Å². The number of thioether (sulfide) groups is 1. The van der Waals surface area contributed by atoms with Crippen molar-refractivity contribution in [2.24, 2.45) is 0 Å². The summed E-state index contributed by atoms with van der Waals surface area (Å²) in [6.45, 7) is 1.88. The lowest BCUT2D eigenvalue weighted by Gasteiger charge is -2.08. The summed E-state index contributed by atoms with van der Waals surface area (Å²) in [6, 6.07) is 12.2. The zero-order valence-electron chi connectivity index (χ0n) is 9.80. The Morgan fingerprint density at radius 2 is 1.89 bits per heavy atom. The Morgan fingerprint density at radius 1 is 1.28 bits per heavy atom. The standard InChI is InChI=1S/C13H11N3OS/c1-2-18-13(11(8-14)9-15)16-12(17)10-6-4-3-5-7-10/h3-7H,2H2,1H3,(H,16,17). The summed E-state index contributed by atoms with van der Waals surface area (Å²) in [5.41, 5.74) is 0.410. The molecule has 0 aliphatic carbocycles. The van der Waals surface area contributed by atoms with Crippen LogP contribution in [-0.2, 0) is 0 Å². The van der Waals surface area contributed by atoms with Gasteiger partial charge in [0, 0.05) is 5.56 Å². The molecule has 0 atom stereocenters. The first-order valence-electron chi connectivity index (χ1n) is 5.26. The maximum atomic E-state index is 11.9. The number of hydrogen-bond acceptors (Lipinski definition) is 4. The van der Waals surface area contributed by atoms with Gasteiger partial charge in [-0.05, 0) is 17.9 Å². The normalized spacial score (nSPS) is 8.83. The molecule has 0 aliphatic heterocycles. The second-order valence-electron chi connectivity index (χ2n) is 3.18. The highest BCUT2D eigenvalue weighted by Gasteiger charge is 2.11. The van der Waals surface area contributed by atoms with Crippen molar-refractivity contribution in [1.82, 2.24) is 5.32 Å². The van der Waals surface area contributed by atoms with Crippen molar-refractivity contribution < 1.29 is 4.79 Å². The molecular formula is C13H11N3OS. The Hall–Kier alpha value is -2.24. The molecule has 0 saturated carbocycles. The SMILES string of the molecule is CCSC(NC(=O)c1ccccc1)=C(C#N)C#N. The molecule has 0 heterocycles. The predicted molar refractivity (Wildman–Crippen MR) is 70.3 cm³/mol. The van der Waals surface area contributed by atoms with Gasteiger partial charge in [-0.1, -0.05) is 25.1 Å². The Morgan fingerprint density at radius 3 is 2.39 bits per heavy atom. The molecule has 0 spiro atoms. The summed E-state index contributed by atoms with van der Waals surface area (Å²) in [4.78, 5) is 11.9. The smallest absolute Gasteiger partial charge is 0.256 e. The van der Waals surface area contributed by atoms with E-state index in [0.717, 1.165) is 0 Å². The van der Waals surface area contributed by atoms with Crippen molar-refractivity contribution in [3.05, 3.63) is 46.5 Å². The van der Waals surface area contributed by atoms with Gasteiger partial charge in [0.15, 0.2) is 5.57 Å². The molecule has 0 unspecified atom stereocenters. The third-order valence-electron chi connectivity index (χ3n) is 2.00. The van der Waals surface area contributed by atoms with E-state index in [-0.39, 0.29) is 11.5 Å². The van der Waals surface area contributed by atoms with Crippen LogP contribution in [0, 0.1) is 22.7 Å². The van der Waals surface area contributed by atoms with Crippen molar-refractivity contribution in [1.29, 1.82) is 10.5 Å². The molecule has 0 bridgehead atoms. The molecule has 4 nitrogen and oxygen atoms in total. The van der Waals surface area contributed by atoms with Crippen molar-refractivity contribution in [3.8, 4) is 12.1 Å². The molecule has 1 rings (SSSR count). The zero-order valence-corrected chi connectivity index (χ0v) is 10.6. The van der Waals surface area contributed by atoms with Crippen LogP contribution in [0.2, 0.25) is 0 Å². The van der Waals surface area contributed by atoms with Gasteiger partial charge in [-0.25, -0.2) is 0 Å². The van der Waals surface area contributed by atoms with Crippen LogP contribution in [0.15, 0.2) is 40.9 Å². The number of rotatable bonds is 4. The van der Waals surface area contributed by atoms with Crippen LogP contribution >= 0.6 is 11.8 Å². The Bertz CT molecular complexity index is 522. The molecule has 1 aromatic rings. The van der Waals surface area contributed by atoms with Crippen LogP contribution in [0.1, 0.15) is 17.3 Å². The molecule has 0 aromatic heterocycles. The molecule has 1 aromatic carbocycles. The molecular weight excluding hydrogens is 246 g/mol. The minimum atomic E-state index is -0.324. The number of hydrogen-bond donors (Lipinski definition) is 1. The van der Waals surface area contributed by atoms with Crippen molar-refractivity contribution in [2.75, 3.05) is 5.75 Å². The second-order valence-corrected chi connectivity index (χ2v) is 4.46. The highest BCUT2D eigenvalue weighted by atomic mass is 32.2. The van der Waals surface area contributed by atoms with Gasteiger partial charge in [-0.15, -0.1) is 11.8 Å². The van der Waals surface area contributed by atoms with Gasteiger partial charge in [0.05, 0.1) is 0 Å². The topological polar surface area (TPSA) is 76.7 Å². The van der Waals surface area contributed by atoms with Crippen molar-refractivity contribution in [2.45, 2.75) is 6.92 Å². The number of nitriles is 2. The maximum Gasteiger partial charge on any atom is 0.256 e. The number of carbonyl (C=O) groups excluding carboxylic acids is 1. The lowest BCUT2D eigenvalue weighted by atomic mass is 10.2. The summed E-state index contributed by atoms with van der Waals surface area (Å²) in [7, 11) is 0. The largest absolute Gasteiger partial charge is 0.315 e. The van der Waals surface area contributed by atoms with E-state index in [1.807, 2.05) is 13.0 Å². The minimum absolute atomic E-state index is 0.0777. The van der Waals surface area contributed by atoms with Gasteiger partial charge in [0.25, 0.3) is 5.91 Å². The van der Waals surface area contributed by atoms with Gasteiger partial charge in [-0.2, -0.15) is 10.5 Å². The molecule has 1 N–H and O–H groups in total. The summed E-state index contributed by atoms with van der Waals surface area (Å²) in [5.74, 6) is 0.339. The summed E-state index contributed by atoms with van der Waals surface area (Å²) in [5, 5.41) is 20.5. The second kappa shape index (κ2) is 7.16. The van der Waals surface area contributed by atoms with E-state index in [1.54, 1.807) is 36.4 Å². The van der Waals surface area contributed by atoms with E-state index < -0.39 is 0 Å². The molecule has 1 amide bonds. The van der Waals surface area contributed by atoms with Crippen molar-refractivity contribution >= 4 is 17.7 Å². The number of amides is 1. The fourth-order valence-electron chi connectivity index (χ4n) is 1.21. The lowest BCUT2D eigenvalue weighted by molar-refractivity contribution is 0.0968. The predicted octanol–water partition coefficient (Wildman–Crippen LogP) is 2.43. The number of carbonyl (C=O) groups is 1. The molecule has 0 radical (unpaired) electrons. The molecule has 0 fully saturated rings. The first-order chi connectivity index (χ1) is 8.72. The highest BCUT2D eigenvalue weighted by molar-refractivity contribution is 8.03. The maximum absolute atomic E-state index is 11.9. The van der Waals surface area contributed by atoms with E-state index in [1.165, 1.54) is 11.8 Å². The van der Waals surface area contributed by atoms with Crippen LogP contribution < -0.4 is 5.32 Å². The number of allylic oxidation sites excluding steroid dienone is 1. The van der Waals surface area contributed by atoms with E-state index in [9.17, 15) is 4.79 Å². The van der Waals surface area contributed by atoms with E-state index in [2.05, 4.69) is 5.32 Å². The Kier molecular flexibility index (Phi) is 5.50. The Balaban J connectivity index is 2.94. The Labute approximate surface area is 110 Å². The molecule has 18 heavy (non-hydrogen) atoms. The average molecular weight is 257 g/mol. The lowest BCUT2D eigenvalue weighted by Crippen LogP contribution is -2.22. The van der Waals surface area contributed by atoms with Crippen LogP contribution in [0.25, 0.3) is 0 Å². The van der Waals surface area contributed by atoms with Gasteiger partial charge < -0.3 is 5.32 Å². The van der Waals surface area contributed by atoms with E-state index >= 15 is 0 Å². The fraction of sp³-hybridized carbons (Fsp3) is 0.154. The average Bonchev–Trinajstić information content (AvgIpc) is 2.41. The minimum Gasteiger partial charge on any atom is -0.315 e. The zero-order chi connectivity index (χ0) is 13.4. The summed E-state index contributed by atoms with van der Waals surface area (Å²) < 4.78 is 0. The molecule has 90 valence electrons. The third kappa shape index (κ3) is 3.65. The van der Waals surface area contributed by atoms with Crippen molar-refractivity contribution in [3.63, 3.8) is 0 Å². The van der Waals surface area contributed by atoms with E-state index in [0.29, 0.717) is 16.3 Å². The molecule has 0 aliphatic rings. The number of nitrogens with zero attached hydrogens (tertiary/aromatic N) is 2.